The first-order valence-electron chi connectivity index (χ1n) is 35.6. The van der Waals surface area contributed by atoms with Gasteiger partial charge in [-0.15, -0.1) is 0 Å². The highest BCUT2D eigenvalue weighted by Crippen LogP contribution is 2.42. The fourth-order valence-electron chi connectivity index (χ4n) is 11.8. The molecule has 0 aliphatic heterocycles. The molecule has 0 amide bonds. The first kappa shape index (κ1) is 80.9. The van der Waals surface area contributed by atoms with Crippen molar-refractivity contribution in [2.45, 2.75) is 32.5 Å². The fraction of sp³-hybridized carbons (Fsp3) is 0.229. The van der Waals surface area contributed by atoms with Gasteiger partial charge in [0.15, 0.2) is 23.1 Å². The van der Waals surface area contributed by atoms with E-state index < -0.39 is 30.0 Å². The summed E-state index contributed by atoms with van der Waals surface area (Å²) in [5.41, 5.74) is 12.8. The molecule has 0 aliphatic rings. The first-order valence-corrected chi connectivity index (χ1v) is 36.4. The molecule has 26 nitrogen and oxygen atoms in total. The van der Waals surface area contributed by atoms with Crippen molar-refractivity contribution < 1.29 is 55.1 Å². The monoisotopic (exact) mass is 1630 g/mol. The van der Waals surface area contributed by atoms with Gasteiger partial charge in [-0.25, -0.2) is 33.7 Å². The minimum atomic E-state index is -4.37. The van der Waals surface area contributed by atoms with Gasteiger partial charge >= 0.3 is 6.18 Å². The molecule has 0 saturated heterocycles. The van der Waals surface area contributed by atoms with E-state index in [1.807, 2.05) is 130 Å². The van der Waals surface area contributed by atoms with Crippen molar-refractivity contribution in [3.05, 3.63) is 211 Å². The lowest BCUT2D eigenvalue weighted by Crippen LogP contribution is -2.31. The molecule has 0 aliphatic carbocycles. The van der Waals surface area contributed by atoms with Crippen LogP contribution in [0, 0.1) is 35.3 Å². The van der Waals surface area contributed by atoms with Crippen molar-refractivity contribution in [3.63, 3.8) is 0 Å². The highest BCUT2D eigenvalue weighted by molar-refractivity contribution is 9.10. The zero-order chi connectivity index (χ0) is 81.3. The van der Waals surface area contributed by atoms with Gasteiger partial charge in [-0.2, -0.15) is 33.5 Å². The Bertz CT molecular complexity index is 5830. The molecule has 6 aromatic carbocycles. The summed E-state index contributed by atoms with van der Waals surface area (Å²) in [7, 11) is 14.5. The Kier molecular flexibility index (Phi) is 26.1. The molecule has 588 valence electrons. The summed E-state index contributed by atoms with van der Waals surface area (Å²) < 4.78 is 112. The van der Waals surface area contributed by atoms with Gasteiger partial charge in [-0.05, 0) is 115 Å². The van der Waals surface area contributed by atoms with E-state index in [1.54, 1.807) is 130 Å². The van der Waals surface area contributed by atoms with Crippen LogP contribution in [0.3, 0.4) is 0 Å². The number of aromatic nitrogens is 15. The number of methoxy groups -OCH3 is 6. The number of nitrogens with zero attached hydrogens (tertiary/aromatic N) is 18. The molecule has 0 saturated carbocycles. The van der Waals surface area contributed by atoms with E-state index in [0.717, 1.165) is 84.5 Å². The molecule has 14 aromatic rings. The average Bonchev–Trinajstić information content (AvgIpc) is 1.52. The number of aryl methyl sites for hydroxylation is 3. The predicted octanol–water partition coefficient (Wildman–Crippen LogP) is 15.2. The van der Waals surface area contributed by atoms with Crippen LogP contribution in [0.15, 0.2) is 188 Å². The van der Waals surface area contributed by atoms with E-state index in [1.165, 1.54) is 19.1 Å². The van der Waals surface area contributed by atoms with E-state index in [2.05, 4.69) is 100 Å². The molecule has 0 unspecified atom stereocenters. The number of ether oxygens (including phenoxy) is 7. The predicted molar refractivity (Wildman–Crippen MR) is 432 cm³/mol. The Morgan fingerprint density at radius 1 is 0.478 bits per heavy atom. The molecular weight excluding hydrogens is 1550 g/mol. The Balaban J connectivity index is 0.000000159. The third-order valence-corrected chi connectivity index (χ3v) is 18.0. The van der Waals surface area contributed by atoms with Crippen molar-refractivity contribution in [1.29, 1.82) is 0 Å². The molecule has 1 N–H and O–H groups in total. The van der Waals surface area contributed by atoms with Crippen LogP contribution in [0.4, 0.5) is 56.1 Å². The number of nitrogens with one attached hydrogen (secondary N) is 1. The van der Waals surface area contributed by atoms with Gasteiger partial charge in [0.05, 0.1) is 161 Å². The molecule has 0 radical (unpaired) electrons. The number of alkyl halides is 3. The molecule has 0 atom stereocenters. The normalized spacial score (nSPS) is 11.0. The Morgan fingerprint density at radius 2 is 0.922 bits per heavy atom. The van der Waals surface area contributed by atoms with E-state index in [-0.39, 0.29) is 37.1 Å². The zero-order valence-electron chi connectivity index (χ0n) is 64.3. The van der Waals surface area contributed by atoms with Crippen LogP contribution < -0.4 is 53.2 Å². The number of hydrogen-bond donors (Lipinski definition) is 1. The number of pyridine rings is 1. The lowest BCUT2D eigenvalue weighted by molar-refractivity contribution is -0.124. The van der Waals surface area contributed by atoms with Crippen molar-refractivity contribution in [2.75, 3.05) is 90.1 Å². The Hall–Kier alpha value is -13.6. The van der Waals surface area contributed by atoms with E-state index in [9.17, 15) is 13.2 Å². The van der Waals surface area contributed by atoms with Crippen LogP contribution in [0.25, 0.3) is 66.9 Å². The smallest absolute Gasteiger partial charge is 0.401 e. The number of rotatable bonds is 24. The van der Waals surface area contributed by atoms with Crippen LogP contribution in [-0.2, 0) is 21.1 Å². The number of anilines is 6. The van der Waals surface area contributed by atoms with Crippen molar-refractivity contribution >= 4 is 83.2 Å². The maximum Gasteiger partial charge on any atom is 0.401 e. The van der Waals surface area contributed by atoms with Gasteiger partial charge in [-0.3, -0.25) is 29.0 Å². The molecule has 32 heteroatoms. The summed E-state index contributed by atoms with van der Waals surface area (Å²) in [5.74, 6) is 13.8. The number of fused-ring (bicyclic) bond motifs is 3. The minimum Gasteiger partial charge on any atom is -0.497 e. The lowest BCUT2D eigenvalue weighted by Gasteiger charge is -2.27. The molecule has 8 heterocycles. The summed E-state index contributed by atoms with van der Waals surface area (Å²) in [6.45, 7) is 3.37. The maximum absolute atomic E-state index is 15.5. The lowest BCUT2D eigenvalue weighted by atomic mass is 10.1. The van der Waals surface area contributed by atoms with Crippen LogP contribution in [0.1, 0.15) is 31.7 Å². The second-order valence-electron chi connectivity index (χ2n) is 25.7. The number of hydrogen-bond acceptors (Lipinski definition) is 23. The topological polar surface area (TPSA) is 256 Å². The molecular formula is C83H77BrF5N19O7. The number of halogens is 6. The van der Waals surface area contributed by atoms with Gasteiger partial charge in [0.25, 0.3) is 0 Å². The quantitative estimate of drug-likeness (QED) is 0.0255. The summed E-state index contributed by atoms with van der Waals surface area (Å²) in [6, 6.07) is 34.8. The molecule has 115 heavy (non-hydrogen) atoms. The van der Waals surface area contributed by atoms with Crippen LogP contribution in [0.2, 0.25) is 0 Å². The van der Waals surface area contributed by atoms with Crippen LogP contribution in [-0.4, -0.2) is 162 Å². The highest BCUT2D eigenvalue weighted by atomic mass is 79.9. The summed E-state index contributed by atoms with van der Waals surface area (Å²) >= 11 is 3.46. The Morgan fingerprint density at radius 3 is 1.32 bits per heavy atom. The summed E-state index contributed by atoms with van der Waals surface area (Å²) in [6.07, 6.45) is 15.0. The van der Waals surface area contributed by atoms with Gasteiger partial charge in [0.2, 0.25) is 11.7 Å². The first-order chi connectivity index (χ1) is 55.6. The second kappa shape index (κ2) is 37.2. The molecule has 8 aromatic heterocycles. The van der Waals surface area contributed by atoms with Crippen LogP contribution >= 0.6 is 15.9 Å². The fourth-order valence-corrected chi connectivity index (χ4v) is 12.2. The maximum atomic E-state index is 15.5. The molecule has 0 bridgehead atoms. The van der Waals surface area contributed by atoms with Crippen molar-refractivity contribution in [3.8, 4) is 97.8 Å². The van der Waals surface area contributed by atoms with E-state index in [4.69, 9.17) is 43.1 Å². The van der Waals surface area contributed by atoms with E-state index in [0.29, 0.717) is 74.8 Å². The molecule has 14 rings (SSSR count). The van der Waals surface area contributed by atoms with Crippen molar-refractivity contribution in [1.82, 2.24) is 79.5 Å². The standard InChI is InChI=1S/C30H29N7O3.C28H23BrN6O2.C25H25F5N6O2/c1-20(2)40-30-10-11-31-29(35-30)7-6-12-37(23-13-24(38-4)16-25(14-23)39-5)22-8-9-26-27(15-22)34-28(18-32-26)21-17-33-36(3)19-21;1-34-18-20(16-32-34)27-17-31-25-9-8-21(14-26(25)33-27)35(11-5-7-19-6-4-10-30-28(19)29)22-12-23(36-2)15-24(13-22)37-3;1-35-13-15(11-33-35)19-12-32-17-6-5-16(9-18(17)34-19)36(8-4-7-31-14-25(28,29)30)24-22(26)20(37-2)10-21(38-3)23(24)27/h8-11,13-20H,12H2,1-5H3;4,6,8-10,12-18H,11H2,1-3H3;5-6,9-13,31H,4,7-8,14H2,1-3H3. The Labute approximate surface area is 667 Å². The molecule has 0 fully saturated rings. The third kappa shape index (κ3) is 20.6. The highest BCUT2D eigenvalue weighted by Gasteiger charge is 2.29. The zero-order valence-corrected chi connectivity index (χ0v) is 65.9. The SMILES string of the molecule is COc1cc(OC)c(F)c(N(CCCNCC(F)(F)F)c2ccc3ncc(-c4cnn(C)c4)nc3c2)c1F.COc1cc(OC)cc(N(CC#Cc2cccnc2Br)c2ccc3ncc(-c4cnn(C)c4)nc3c2)c1.COc1cc(OC)cc(N(CC#Cc2nccc(OC(C)C)n2)c2ccc3ncc(-c4cnn(C)c4)nc3c2)c1. The summed E-state index contributed by atoms with van der Waals surface area (Å²) in [5, 5.41) is 14.9. The minimum absolute atomic E-state index is 0.00362. The van der Waals surface area contributed by atoms with Crippen molar-refractivity contribution in [2.24, 2.45) is 21.1 Å². The van der Waals surface area contributed by atoms with E-state index >= 15 is 8.78 Å². The largest absolute Gasteiger partial charge is 0.497 e. The summed E-state index contributed by atoms with van der Waals surface area (Å²) in [4.78, 5) is 46.4. The van der Waals surface area contributed by atoms with Gasteiger partial charge < -0.3 is 53.2 Å². The van der Waals surface area contributed by atoms with Gasteiger partial charge in [0, 0.05) is 152 Å². The van der Waals surface area contributed by atoms with Crippen LogP contribution in [0.5, 0.6) is 40.4 Å². The van der Waals surface area contributed by atoms with Gasteiger partial charge in [0.1, 0.15) is 33.3 Å². The van der Waals surface area contributed by atoms with Gasteiger partial charge in [-0.1, -0.05) is 17.8 Å². The average molecular weight is 1630 g/mol. The second-order valence-corrected chi connectivity index (χ2v) is 26.4. The third-order valence-electron chi connectivity index (χ3n) is 17.3. The molecule has 0 spiro atoms. The number of benzene rings is 6.